The van der Waals surface area contributed by atoms with Crippen molar-refractivity contribution in [2.24, 2.45) is 0 Å². The van der Waals surface area contributed by atoms with Gasteiger partial charge in [0.2, 0.25) is 0 Å². The third kappa shape index (κ3) is 2.38. The molecule has 3 rings (SSSR count). The number of benzene rings is 1. The second-order valence-corrected chi connectivity index (χ2v) is 5.83. The summed E-state index contributed by atoms with van der Waals surface area (Å²) in [6, 6.07) is 6.65. The van der Waals surface area contributed by atoms with Crippen LogP contribution in [0.1, 0.15) is 31.2 Å². The Kier molecular flexibility index (Phi) is 3.61. The van der Waals surface area contributed by atoms with Crippen LogP contribution in [0, 0.1) is 17.0 Å². The predicted octanol–water partition coefficient (Wildman–Crippen LogP) is 2.62. The predicted molar refractivity (Wildman–Crippen MR) is 79.2 cm³/mol. The van der Waals surface area contributed by atoms with E-state index in [4.69, 9.17) is 0 Å². The molecule has 1 aromatic carbocycles. The number of nitro benzene ring substituents is 1. The van der Waals surface area contributed by atoms with Crippen LogP contribution >= 0.6 is 0 Å². The minimum Gasteiger partial charge on any atom is -0.367 e. The molecule has 2 fully saturated rings. The minimum atomic E-state index is -0.280. The summed E-state index contributed by atoms with van der Waals surface area (Å²) in [7, 11) is 0. The van der Waals surface area contributed by atoms with Gasteiger partial charge in [0.25, 0.3) is 5.69 Å². The minimum absolute atomic E-state index is 0.229. The monoisotopic (exact) mass is 275 g/mol. The zero-order chi connectivity index (χ0) is 14.1. The van der Waals surface area contributed by atoms with Crippen LogP contribution in [0.15, 0.2) is 18.2 Å². The summed E-state index contributed by atoms with van der Waals surface area (Å²) < 4.78 is 0. The molecule has 108 valence electrons. The molecular weight excluding hydrogens is 254 g/mol. The standard InChI is InChI=1S/C15H21N3O2/c1-11-6-7-12(10-15(11)18(19)20)17-9-3-5-14(17)13-4-2-8-16-13/h6-7,10,13-14,16H,2-5,8-9H2,1H3. The van der Waals surface area contributed by atoms with Gasteiger partial charge in [-0.05, 0) is 45.2 Å². The van der Waals surface area contributed by atoms with Gasteiger partial charge in [0.1, 0.15) is 0 Å². The number of hydrogen-bond acceptors (Lipinski definition) is 4. The maximum absolute atomic E-state index is 11.1. The summed E-state index contributed by atoms with van der Waals surface area (Å²) >= 11 is 0. The molecule has 2 unspecified atom stereocenters. The van der Waals surface area contributed by atoms with E-state index in [1.807, 2.05) is 12.1 Å². The van der Waals surface area contributed by atoms with E-state index in [0.29, 0.717) is 12.1 Å². The average molecular weight is 275 g/mol. The van der Waals surface area contributed by atoms with Crippen molar-refractivity contribution in [3.63, 3.8) is 0 Å². The lowest BCUT2D eigenvalue weighted by Crippen LogP contribution is -2.44. The SMILES string of the molecule is Cc1ccc(N2CCCC2C2CCCN2)cc1[N+](=O)[O-]. The number of aryl methyl sites for hydroxylation is 1. The molecular formula is C15H21N3O2. The molecule has 1 N–H and O–H groups in total. The Labute approximate surface area is 119 Å². The second-order valence-electron chi connectivity index (χ2n) is 5.83. The lowest BCUT2D eigenvalue weighted by Gasteiger charge is -2.31. The van der Waals surface area contributed by atoms with Crippen molar-refractivity contribution in [3.8, 4) is 0 Å². The van der Waals surface area contributed by atoms with Crippen molar-refractivity contribution >= 4 is 11.4 Å². The molecule has 1 aromatic rings. The fourth-order valence-corrected chi connectivity index (χ4v) is 3.54. The first-order valence-electron chi connectivity index (χ1n) is 7.42. The first kappa shape index (κ1) is 13.4. The Morgan fingerprint density at radius 1 is 1.35 bits per heavy atom. The van der Waals surface area contributed by atoms with Gasteiger partial charge in [-0.2, -0.15) is 0 Å². The quantitative estimate of drug-likeness (QED) is 0.680. The van der Waals surface area contributed by atoms with Gasteiger partial charge < -0.3 is 10.2 Å². The summed E-state index contributed by atoms with van der Waals surface area (Å²) in [5.74, 6) is 0. The van der Waals surface area contributed by atoms with Crippen LogP contribution in [0.25, 0.3) is 0 Å². The topological polar surface area (TPSA) is 58.4 Å². The first-order chi connectivity index (χ1) is 9.66. The molecule has 5 heteroatoms. The van der Waals surface area contributed by atoms with Crippen molar-refractivity contribution in [3.05, 3.63) is 33.9 Å². The Bertz CT molecular complexity index is 512. The molecule has 20 heavy (non-hydrogen) atoms. The molecule has 0 aromatic heterocycles. The van der Waals surface area contributed by atoms with Gasteiger partial charge in [-0.1, -0.05) is 6.07 Å². The van der Waals surface area contributed by atoms with Crippen molar-refractivity contribution < 1.29 is 4.92 Å². The highest BCUT2D eigenvalue weighted by Gasteiger charge is 2.33. The first-order valence-corrected chi connectivity index (χ1v) is 7.42. The van der Waals surface area contributed by atoms with Crippen LogP contribution < -0.4 is 10.2 Å². The van der Waals surface area contributed by atoms with E-state index >= 15 is 0 Å². The van der Waals surface area contributed by atoms with E-state index in [0.717, 1.165) is 24.3 Å². The highest BCUT2D eigenvalue weighted by Crippen LogP contribution is 2.33. The van der Waals surface area contributed by atoms with E-state index in [-0.39, 0.29) is 10.6 Å². The zero-order valence-corrected chi connectivity index (χ0v) is 11.8. The van der Waals surface area contributed by atoms with E-state index in [1.165, 1.54) is 25.7 Å². The average Bonchev–Trinajstić information content (AvgIpc) is 3.09. The molecule has 0 aliphatic carbocycles. The van der Waals surface area contributed by atoms with Crippen molar-refractivity contribution in [1.82, 2.24) is 5.32 Å². The summed E-state index contributed by atoms with van der Waals surface area (Å²) in [5, 5.41) is 14.7. The van der Waals surface area contributed by atoms with E-state index in [2.05, 4.69) is 10.2 Å². The van der Waals surface area contributed by atoms with Gasteiger partial charge in [0.05, 0.1) is 4.92 Å². The number of nitro groups is 1. The Hall–Kier alpha value is -1.62. The van der Waals surface area contributed by atoms with Crippen molar-refractivity contribution in [1.29, 1.82) is 0 Å². The van der Waals surface area contributed by atoms with Crippen LogP contribution in [-0.2, 0) is 0 Å². The molecule has 2 aliphatic heterocycles. The van der Waals surface area contributed by atoms with Gasteiger partial charge in [0.15, 0.2) is 0 Å². The zero-order valence-electron chi connectivity index (χ0n) is 11.8. The molecule has 0 spiro atoms. The Morgan fingerprint density at radius 3 is 2.90 bits per heavy atom. The number of anilines is 1. The maximum atomic E-state index is 11.1. The van der Waals surface area contributed by atoms with Gasteiger partial charge >= 0.3 is 0 Å². The molecule has 0 amide bonds. The van der Waals surface area contributed by atoms with Crippen LogP contribution in [0.3, 0.4) is 0 Å². The summed E-state index contributed by atoms with van der Waals surface area (Å²) in [6.45, 7) is 3.90. The van der Waals surface area contributed by atoms with E-state index in [9.17, 15) is 10.1 Å². The van der Waals surface area contributed by atoms with Crippen molar-refractivity contribution in [2.75, 3.05) is 18.0 Å². The Morgan fingerprint density at radius 2 is 2.20 bits per heavy atom. The molecule has 5 nitrogen and oxygen atoms in total. The number of hydrogen-bond donors (Lipinski definition) is 1. The van der Waals surface area contributed by atoms with Crippen LogP contribution in [0.2, 0.25) is 0 Å². The largest absolute Gasteiger partial charge is 0.367 e. The lowest BCUT2D eigenvalue weighted by molar-refractivity contribution is -0.385. The smallest absolute Gasteiger partial charge is 0.274 e. The lowest BCUT2D eigenvalue weighted by atomic mass is 10.0. The number of rotatable bonds is 3. The fourth-order valence-electron chi connectivity index (χ4n) is 3.54. The van der Waals surface area contributed by atoms with Crippen LogP contribution in [0.5, 0.6) is 0 Å². The number of nitrogens with one attached hydrogen (secondary N) is 1. The fraction of sp³-hybridized carbons (Fsp3) is 0.600. The molecule has 0 bridgehead atoms. The molecule has 2 saturated heterocycles. The summed E-state index contributed by atoms with van der Waals surface area (Å²) in [5.41, 5.74) is 1.96. The molecule has 2 aliphatic rings. The maximum Gasteiger partial charge on any atom is 0.274 e. The molecule has 0 radical (unpaired) electrons. The summed E-state index contributed by atoms with van der Waals surface area (Å²) in [4.78, 5) is 13.2. The van der Waals surface area contributed by atoms with Gasteiger partial charge in [0, 0.05) is 35.9 Å². The Balaban J connectivity index is 1.87. The second kappa shape index (κ2) is 5.40. The third-order valence-corrected chi connectivity index (χ3v) is 4.58. The molecule has 0 saturated carbocycles. The highest BCUT2D eigenvalue weighted by atomic mass is 16.6. The normalized spacial score (nSPS) is 26.1. The van der Waals surface area contributed by atoms with Crippen LogP contribution in [0.4, 0.5) is 11.4 Å². The van der Waals surface area contributed by atoms with Gasteiger partial charge in [-0.25, -0.2) is 0 Å². The summed E-state index contributed by atoms with van der Waals surface area (Å²) in [6.07, 6.45) is 4.81. The third-order valence-electron chi connectivity index (χ3n) is 4.58. The van der Waals surface area contributed by atoms with Crippen molar-refractivity contribution in [2.45, 2.75) is 44.7 Å². The van der Waals surface area contributed by atoms with Gasteiger partial charge in [-0.3, -0.25) is 10.1 Å². The highest BCUT2D eigenvalue weighted by molar-refractivity contribution is 5.58. The molecule has 2 heterocycles. The van der Waals surface area contributed by atoms with E-state index < -0.39 is 0 Å². The number of nitrogens with zero attached hydrogens (tertiary/aromatic N) is 2. The molecule has 2 atom stereocenters. The van der Waals surface area contributed by atoms with E-state index in [1.54, 1.807) is 13.0 Å². The van der Waals surface area contributed by atoms with Gasteiger partial charge in [-0.15, -0.1) is 0 Å². The van der Waals surface area contributed by atoms with Crippen LogP contribution in [-0.4, -0.2) is 30.1 Å².